The van der Waals surface area contributed by atoms with Gasteiger partial charge in [0.15, 0.2) is 0 Å². The van der Waals surface area contributed by atoms with Gasteiger partial charge in [0.2, 0.25) is 5.91 Å². The highest BCUT2D eigenvalue weighted by Crippen LogP contribution is 2.13. The fourth-order valence-corrected chi connectivity index (χ4v) is 2.17. The van der Waals surface area contributed by atoms with E-state index in [0.717, 1.165) is 30.6 Å². The number of aryl methyl sites for hydroxylation is 1. The number of hydrogen-bond donors (Lipinski definition) is 1. The van der Waals surface area contributed by atoms with Gasteiger partial charge in [-0.1, -0.05) is 42.5 Å². The SMILES string of the molecule is NC(=O)Cc1ccc(OCCCCc2ccccc2)cc1. The van der Waals surface area contributed by atoms with Gasteiger partial charge in [-0.25, -0.2) is 0 Å². The molecule has 0 saturated carbocycles. The molecule has 2 rings (SSSR count). The van der Waals surface area contributed by atoms with Gasteiger partial charge in [0.05, 0.1) is 13.0 Å². The Kier molecular flexibility index (Phi) is 5.83. The van der Waals surface area contributed by atoms with Gasteiger partial charge in [-0.3, -0.25) is 4.79 Å². The number of hydrogen-bond acceptors (Lipinski definition) is 2. The van der Waals surface area contributed by atoms with Crippen LogP contribution in [0.5, 0.6) is 5.75 Å². The molecule has 0 bridgehead atoms. The molecule has 0 aliphatic carbocycles. The first-order valence-electron chi connectivity index (χ1n) is 7.28. The molecule has 21 heavy (non-hydrogen) atoms. The van der Waals surface area contributed by atoms with Crippen LogP contribution in [0.3, 0.4) is 0 Å². The molecule has 0 atom stereocenters. The summed E-state index contributed by atoms with van der Waals surface area (Å²) in [5.74, 6) is 0.521. The van der Waals surface area contributed by atoms with Crippen LogP contribution in [-0.4, -0.2) is 12.5 Å². The molecule has 2 N–H and O–H groups in total. The van der Waals surface area contributed by atoms with E-state index in [4.69, 9.17) is 10.5 Å². The second kappa shape index (κ2) is 8.10. The number of carbonyl (C=O) groups excluding carboxylic acids is 1. The summed E-state index contributed by atoms with van der Waals surface area (Å²) in [6, 6.07) is 18.0. The molecule has 0 aliphatic rings. The van der Waals surface area contributed by atoms with E-state index in [-0.39, 0.29) is 12.3 Å². The summed E-state index contributed by atoms with van der Waals surface area (Å²) < 4.78 is 5.69. The van der Waals surface area contributed by atoms with E-state index in [0.29, 0.717) is 6.61 Å². The van der Waals surface area contributed by atoms with Crippen LogP contribution in [0.2, 0.25) is 0 Å². The zero-order valence-electron chi connectivity index (χ0n) is 12.1. The van der Waals surface area contributed by atoms with Crippen LogP contribution >= 0.6 is 0 Å². The summed E-state index contributed by atoms with van der Waals surface area (Å²) in [4.78, 5) is 10.8. The van der Waals surface area contributed by atoms with Crippen molar-refractivity contribution in [3.8, 4) is 5.75 Å². The lowest BCUT2D eigenvalue weighted by molar-refractivity contribution is -0.117. The number of ether oxygens (including phenoxy) is 1. The first-order chi connectivity index (χ1) is 10.2. The molecule has 3 heteroatoms. The quantitative estimate of drug-likeness (QED) is 0.757. The van der Waals surface area contributed by atoms with Gasteiger partial charge in [0.25, 0.3) is 0 Å². The third-order valence-corrected chi connectivity index (χ3v) is 3.27. The lowest BCUT2D eigenvalue weighted by atomic mass is 10.1. The van der Waals surface area contributed by atoms with Crippen molar-refractivity contribution in [2.45, 2.75) is 25.7 Å². The topological polar surface area (TPSA) is 52.3 Å². The standard InChI is InChI=1S/C18H21NO2/c19-18(20)14-16-9-11-17(12-10-16)21-13-5-4-8-15-6-2-1-3-7-15/h1-3,6-7,9-12H,4-5,8,13-14H2,(H2,19,20). The van der Waals surface area contributed by atoms with Crippen molar-refractivity contribution in [3.05, 3.63) is 65.7 Å². The minimum Gasteiger partial charge on any atom is -0.494 e. The molecule has 0 aromatic heterocycles. The van der Waals surface area contributed by atoms with E-state index in [1.54, 1.807) is 0 Å². The van der Waals surface area contributed by atoms with Crippen molar-refractivity contribution >= 4 is 5.91 Å². The Balaban J connectivity index is 1.65. The van der Waals surface area contributed by atoms with Crippen LogP contribution in [0.25, 0.3) is 0 Å². The fourth-order valence-electron chi connectivity index (χ4n) is 2.17. The van der Waals surface area contributed by atoms with E-state index in [2.05, 4.69) is 24.3 Å². The second-order valence-corrected chi connectivity index (χ2v) is 5.08. The average Bonchev–Trinajstić information content (AvgIpc) is 2.49. The van der Waals surface area contributed by atoms with E-state index in [9.17, 15) is 4.79 Å². The van der Waals surface area contributed by atoms with Gasteiger partial charge in [0.1, 0.15) is 5.75 Å². The number of amides is 1. The number of rotatable bonds is 8. The summed E-state index contributed by atoms with van der Waals surface area (Å²) in [5.41, 5.74) is 7.44. The van der Waals surface area contributed by atoms with Crippen molar-refractivity contribution in [3.63, 3.8) is 0 Å². The number of unbranched alkanes of at least 4 members (excludes halogenated alkanes) is 1. The summed E-state index contributed by atoms with van der Waals surface area (Å²) in [5, 5.41) is 0. The van der Waals surface area contributed by atoms with Crippen molar-refractivity contribution in [2.24, 2.45) is 5.73 Å². The van der Waals surface area contributed by atoms with Crippen LogP contribution in [0.4, 0.5) is 0 Å². The molecule has 1 amide bonds. The third kappa shape index (κ3) is 5.69. The van der Waals surface area contributed by atoms with Crippen molar-refractivity contribution in [2.75, 3.05) is 6.61 Å². The largest absolute Gasteiger partial charge is 0.494 e. The molecule has 0 unspecified atom stereocenters. The van der Waals surface area contributed by atoms with Crippen LogP contribution in [-0.2, 0) is 17.6 Å². The predicted octanol–water partition coefficient (Wildman–Crippen LogP) is 3.12. The van der Waals surface area contributed by atoms with Gasteiger partial charge < -0.3 is 10.5 Å². The van der Waals surface area contributed by atoms with E-state index >= 15 is 0 Å². The van der Waals surface area contributed by atoms with Gasteiger partial charge in [0, 0.05) is 0 Å². The van der Waals surface area contributed by atoms with Crippen LogP contribution in [0.1, 0.15) is 24.0 Å². The Labute approximate surface area is 125 Å². The van der Waals surface area contributed by atoms with Gasteiger partial charge in [-0.05, 0) is 42.5 Å². The second-order valence-electron chi connectivity index (χ2n) is 5.08. The monoisotopic (exact) mass is 283 g/mol. The molecule has 0 saturated heterocycles. The lowest BCUT2D eigenvalue weighted by Gasteiger charge is -2.07. The first kappa shape index (κ1) is 15.1. The number of carbonyl (C=O) groups is 1. The van der Waals surface area contributed by atoms with E-state index in [1.807, 2.05) is 30.3 Å². The molecule has 0 fully saturated rings. The fraction of sp³-hybridized carbons (Fsp3) is 0.278. The zero-order valence-corrected chi connectivity index (χ0v) is 12.1. The summed E-state index contributed by atoms with van der Waals surface area (Å²) in [6.45, 7) is 0.710. The summed E-state index contributed by atoms with van der Waals surface area (Å²) >= 11 is 0. The van der Waals surface area contributed by atoms with Crippen LogP contribution in [0.15, 0.2) is 54.6 Å². The Morgan fingerprint density at radius 2 is 1.62 bits per heavy atom. The number of primary amides is 1. The average molecular weight is 283 g/mol. The smallest absolute Gasteiger partial charge is 0.221 e. The number of benzene rings is 2. The van der Waals surface area contributed by atoms with E-state index in [1.165, 1.54) is 5.56 Å². The summed E-state index contributed by atoms with van der Waals surface area (Å²) in [7, 11) is 0. The maximum Gasteiger partial charge on any atom is 0.221 e. The minimum absolute atomic E-state index is 0.275. The Morgan fingerprint density at radius 1 is 0.905 bits per heavy atom. The molecule has 2 aromatic carbocycles. The molecule has 0 spiro atoms. The Bertz CT molecular complexity index is 549. The number of nitrogens with two attached hydrogens (primary N) is 1. The van der Waals surface area contributed by atoms with Crippen molar-refractivity contribution < 1.29 is 9.53 Å². The molecule has 110 valence electrons. The van der Waals surface area contributed by atoms with E-state index < -0.39 is 0 Å². The Morgan fingerprint density at radius 3 is 2.29 bits per heavy atom. The molecule has 3 nitrogen and oxygen atoms in total. The van der Waals surface area contributed by atoms with Gasteiger partial charge in [-0.2, -0.15) is 0 Å². The molecular weight excluding hydrogens is 262 g/mol. The highest BCUT2D eigenvalue weighted by atomic mass is 16.5. The van der Waals surface area contributed by atoms with Gasteiger partial charge in [-0.15, -0.1) is 0 Å². The molecule has 0 aliphatic heterocycles. The van der Waals surface area contributed by atoms with Crippen LogP contribution < -0.4 is 10.5 Å². The predicted molar refractivity (Wildman–Crippen MR) is 84.2 cm³/mol. The minimum atomic E-state index is -0.315. The highest BCUT2D eigenvalue weighted by Gasteiger charge is 1.99. The molecule has 2 aromatic rings. The highest BCUT2D eigenvalue weighted by molar-refractivity contribution is 5.76. The maximum absolute atomic E-state index is 10.8. The van der Waals surface area contributed by atoms with Crippen molar-refractivity contribution in [1.82, 2.24) is 0 Å². The lowest BCUT2D eigenvalue weighted by Crippen LogP contribution is -2.13. The van der Waals surface area contributed by atoms with Gasteiger partial charge >= 0.3 is 0 Å². The molecular formula is C18H21NO2. The van der Waals surface area contributed by atoms with Crippen LogP contribution in [0, 0.1) is 0 Å². The Hall–Kier alpha value is -2.29. The molecule has 0 heterocycles. The maximum atomic E-state index is 10.8. The molecule has 0 radical (unpaired) electrons. The third-order valence-electron chi connectivity index (χ3n) is 3.27. The zero-order chi connectivity index (χ0) is 14.9. The first-order valence-corrected chi connectivity index (χ1v) is 7.28. The normalized spacial score (nSPS) is 10.3. The van der Waals surface area contributed by atoms with Crippen molar-refractivity contribution in [1.29, 1.82) is 0 Å². The summed E-state index contributed by atoms with van der Waals surface area (Å²) in [6.07, 6.45) is 3.50.